The van der Waals surface area contributed by atoms with Crippen LogP contribution in [-0.4, -0.2) is 13.7 Å². The van der Waals surface area contributed by atoms with Gasteiger partial charge >= 0.3 is 0 Å². The summed E-state index contributed by atoms with van der Waals surface area (Å²) in [6, 6.07) is 12.9. The second kappa shape index (κ2) is 6.64. The number of benzene rings is 2. The van der Waals surface area contributed by atoms with Crippen molar-refractivity contribution in [3.05, 3.63) is 58.6 Å². The Kier molecular flexibility index (Phi) is 4.88. The Balaban J connectivity index is 2.38. The highest BCUT2D eigenvalue weighted by atomic mass is 35.5. The molecule has 0 amide bonds. The highest BCUT2D eigenvalue weighted by molar-refractivity contribution is 6.31. The number of methoxy groups -OCH3 is 1. The quantitative estimate of drug-likeness (QED) is 0.911. The van der Waals surface area contributed by atoms with Gasteiger partial charge in [-0.15, -0.1) is 0 Å². The van der Waals surface area contributed by atoms with Gasteiger partial charge in [-0.2, -0.15) is 0 Å². The number of hydrogen-bond donors (Lipinski definition) is 1. The van der Waals surface area contributed by atoms with Crippen LogP contribution in [0.15, 0.2) is 42.5 Å². The monoisotopic (exact) mass is 291 g/mol. The molecule has 2 aromatic carbocycles. The maximum atomic E-state index is 6.33. The van der Waals surface area contributed by atoms with Gasteiger partial charge < -0.3 is 15.2 Å². The van der Waals surface area contributed by atoms with E-state index >= 15 is 0 Å². The molecule has 1 unspecified atom stereocenters. The molecule has 0 saturated carbocycles. The van der Waals surface area contributed by atoms with Crippen molar-refractivity contribution in [2.24, 2.45) is 5.73 Å². The van der Waals surface area contributed by atoms with Crippen LogP contribution in [0.4, 0.5) is 0 Å². The minimum absolute atomic E-state index is 0.337. The molecule has 2 rings (SSSR count). The van der Waals surface area contributed by atoms with Crippen molar-refractivity contribution >= 4 is 11.6 Å². The summed E-state index contributed by atoms with van der Waals surface area (Å²) in [5.74, 6) is 1.50. The lowest BCUT2D eigenvalue weighted by atomic mass is 9.98. The fourth-order valence-corrected chi connectivity index (χ4v) is 2.37. The SMILES string of the molecule is CCOc1ccccc1C(N)c1ccc(OC)cc1Cl. The van der Waals surface area contributed by atoms with Crippen LogP contribution in [0.5, 0.6) is 11.5 Å². The van der Waals surface area contributed by atoms with Crippen molar-refractivity contribution in [3.63, 3.8) is 0 Å². The topological polar surface area (TPSA) is 44.5 Å². The van der Waals surface area contributed by atoms with E-state index in [0.717, 1.165) is 16.9 Å². The molecule has 0 radical (unpaired) electrons. The molecule has 0 aliphatic rings. The molecule has 0 aliphatic heterocycles. The Morgan fingerprint density at radius 1 is 1.15 bits per heavy atom. The zero-order valence-electron chi connectivity index (χ0n) is 11.6. The average molecular weight is 292 g/mol. The van der Waals surface area contributed by atoms with Crippen LogP contribution in [-0.2, 0) is 0 Å². The molecule has 1 atom stereocenters. The van der Waals surface area contributed by atoms with E-state index in [0.29, 0.717) is 17.4 Å². The third-order valence-corrected chi connectivity index (χ3v) is 3.42. The van der Waals surface area contributed by atoms with Crippen molar-refractivity contribution in [1.82, 2.24) is 0 Å². The van der Waals surface area contributed by atoms with E-state index < -0.39 is 0 Å². The number of hydrogen-bond acceptors (Lipinski definition) is 3. The Morgan fingerprint density at radius 2 is 1.90 bits per heavy atom. The van der Waals surface area contributed by atoms with Crippen LogP contribution < -0.4 is 15.2 Å². The van der Waals surface area contributed by atoms with Gasteiger partial charge in [0.05, 0.1) is 19.8 Å². The van der Waals surface area contributed by atoms with Gasteiger partial charge in [0.1, 0.15) is 11.5 Å². The molecular weight excluding hydrogens is 274 g/mol. The molecule has 0 heterocycles. The zero-order valence-corrected chi connectivity index (χ0v) is 12.4. The lowest BCUT2D eigenvalue weighted by Crippen LogP contribution is -2.14. The first-order valence-electron chi connectivity index (χ1n) is 6.48. The minimum atomic E-state index is -0.337. The van der Waals surface area contributed by atoms with Gasteiger partial charge in [0, 0.05) is 10.6 Å². The molecule has 2 N–H and O–H groups in total. The molecule has 4 heteroatoms. The zero-order chi connectivity index (χ0) is 14.5. The number of nitrogens with two attached hydrogens (primary N) is 1. The first-order valence-corrected chi connectivity index (χ1v) is 6.86. The smallest absolute Gasteiger partial charge is 0.124 e. The van der Waals surface area contributed by atoms with Crippen molar-refractivity contribution in [1.29, 1.82) is 0 Å². The summed E-state index contributed by atoms with van der Waals surface area (Å²) < 4.78 is 10.8. The van der Waals surface area contributed by atoms with Crippen molar-refractivity contribution < 1.29 is 9.47 Å². The summed E-state index contributed by atoms with van der Waals surface area (Å²) in [4.78, 5) is 0. The highest BCUT2D eigenvalue weighted by Crippen LogP contribution is 2.33. The third-order valence-electron chi connectivity index (χ3n) is 3.10. The van der Waals surface area contributed by atoms with Gasteiger partial charge in [-0.3, -0.25) is 0 Å². The molecule has 3 nitrogen and oxygen atoms in total. The largest absolute Gasteiger partial charge is 0.497 e. The Labute approximate surface area is 124 Å². The summed E-state index contributed by atoms with van der Waals surface area (Å²) in [7, 11) is 1.61. The molecule has 0 aromatic heterocycles. The lowest BCUT2D eigenvalue weighted by Gasteiger charge is -2.18. The maximum Gasteiger partial charge on any atom is 0.124 e. The van der Waals surface area contributed by atoms with E-state index in [1.165, 1.54) is 0 Å². The summed E-state index contributed by atoms with van der Waals surface area (Å²) in [6.45, 7) is 2.54. The first kappa shape index (κ1) is 14.7. The van der Waals surface area contributed by atoms with E-state index in [1.807, 2.05) is 43.3 Å². The van der Waals surface area contributed by atoms with Gasteiger partial charge in [0.25, 0.3) is 0 Å². The summed E-state index contributed by atoms with van der Waals surface area (Å²) in [5, 5.41) is 0.586. The molecule has 0 bridgehead atoms. The van der Waals surface area contributed by atoms with Crippen LogP contribution in [0, 0.1) is 0 Å². The minimum Gasteiger partial charge on any atom is -0.497 e. The van der Waals surface area contributed by atoms with E-state index in [4.69, 9.17) is 26.8 Å². The Bertz CT molecular complexity index is 586. The maximum absolute atomic E-state index is 6.33. The van der Waals surface area contributed by atoms with Crippen LogP contribution >= 0.6 is 11.6 Å². The van der Waals surface area contributed by atoms with Gasteiger partial charge in [0.15, 0.2) is 0 Å². The molecule has 0 saturated heterocycles. The second-order valence-electron chi connectivity index (χ2n) is 4.34. The van der Waals surface area contributed by atoms with Crippen LogP contribution in [0.3, 0.4) is 0 Å². The van der Waals surface area contributed by atoms with Crippen molar-refractivity contribution in [2.75, 3.05) is 13.7 Å². The molecule has 0 aliphatic carbocycles. The van der Waals surface area contributed by atoms with Gasteiger partial charge in [-0.1, -0.05) is 35.9 Å². The predicted octanol–water partition coefficient (Wildman–Crippen LogP) is 3.80. The van der Waals surface area contributed by atoms with Crippen molar-refractivity contribution in [2.45, 2.75) is 13.0 Å². The predicted molar refractivity (Wildman–Crippen MR) is 81.6 cm³/mol. The van der Waals surface area contributed by atoms with Gasteiger partial charge in [-0.25, -0.2) is 0 Å². The van der Waals surface area contributed by atoms with E-state index in [-0.39, 0.29) is 6.04 Å². The van der Waals surface area contributed by atoms with E-state index in [1.54, 1.807) is 13.2 Å². The second-order valence-corrected chi connectivity index (χ2v) is 4.74. The number of ether oxygens (including phenoxy) is 2. The molecule has 20 heavy (non-hydrogen) atoms. The standard InChI is InChI=1S/C16H18ClNO2/c1-3-20-15-7-5-4-6-13(15)16(18)12-9-8-11(19-2)10-14(12)17/h4-10,16H,3,18H2,1-2H3. The van der Waals surface area contributed by atoms with Crippen LogP contribution in [0.1, 0.15) is 24.1 Å². The number of halogens is 1. The van der Waals surface area contributed by atoms with Crippen molar-refractivity contribution in [3.8, 4) is 11.5 Å². The molecule has 0 fully saturated rings. The Hall–Kier alpha value is -1.71. The lowest BCUT2D eigenvalue weighted by molar-refractivity contribution is 0.335. The van der Waals surface area contributed by atoms with Gasteiger partial charge in [0.2, 0.25) is 0 Å². The van der Waals surface area contributed by atoms with E-state index in [9.17, 15) is 0 Å². The summed E-state index contributed by atoms with van der Waals surface area (Å²) >= 11 is 6.28. The fraction of sp³-hybridized carbons (Fsp3) is 0.250. The molecular formula is C16H18ClNO2. The fourth-order valence-electron chi connectivity index (χ4n) is 2.08. The highest BCUT2D eigenvalue weighted by Gasteiger charge is 2.16. The van der Waals surface area contributed by atoms with Crippen LogP contribution in [0.2, 0.25) is 5.02 Å². The van der Waals surface area contributed by atoms with E-state index in [2.05, 4.69) is 0 Å². The number of rotatable bonds is 5. The molecule has 0 spiro atoms. The summed E-state index contributed by atoms with van der Waals surface area (Å²) in [6.07, 6.45) is 0. The third kappa shape index (κ3) is 3.06. The Morgan fingerprint density at radius 3 is 2.55 bits per heavy atom. The average Bonchev–Trinajstić information content (AvgIpc) is 2.47. The van der Waals surface area contributed by atoms with Crippen LogP contribution in [0.25, 0.3) is 0 Å². The molecule has 106 valence electrons. The number of para-hydroxylation sites is 1. The summed E-state index contributed by atoms with van der Waals surface area (Å²) in [5.41, 5.74) is 8.10. The molecule has 2 aromatic rings. The van der Waals surface area contributed by atoms with Gasteiger partial charge in [-0.05, 0) is 30.7 Å². The normalized spacial score (nSPS) is 12.0. The first-order chi connectivity index (χ1) is 9.67.